The first-order valence-electron chi connectivity index (χ1n) is 11.6. The predicted octanol–water partition coefficient (Wildman–Crippen LogP) is 6.52. The van der Waals surface area contributed by atoms with Gasteiger partial charge in [-0.15, -0.1) is 0 Å². The molecule has 0 N–H and O–H groups in total. The summed E-state index contributed by atoms with van der Waals surface area (Å²) in [5.74, 6) is 5.01. The van der Waals surface area contributed by atoms with Gasteiger partial charge in [0.25, 0.3) is 0 Å². The molecule has 0 aliphatic heterocycles. The molecule has 0 atom stereocenters. The van der Waals surface area contributed by atoms with Crippen LogP contribution in [0.5, 0.6) is 0 Å². The molecule has 188 valence electrons. The Morgan fingerprint density at radius 1 is 0.421 bits per heavy atom. The summed E-state index contributed by atoms with van der Waals surface area (Å²) >= 11 is 0. The van der Waals surface area contributed by atoms with Crippen LogP contribution in [0.2, 0.25) is 0 Å². The summed E-state index contributed by atoms with van der Waals surface area (Å²) in [4.78, 5) is 0. The third-order valence-corrected chi connectivity index (χ3v) is 10.5. The van der Waals surface area contributed by atoms with Crippen LogP contribution in [0.15, 0.2) is 163 Å². The van der Waals surface area contributed by atoms with Gasteiger partial charge in [-0.25, -0.2) is 12.1 Å². The Hall–Kier alpha value is -3.00. The number of benzene rings is 4. The van der Waals surface area contributed by atoms with Crippen LogP contribution < -0.4 is 21.2 Å². The minimum absolute atomic E-state index is 0. The molecule has 0 heterocycles. The van der Waals surface area contributed by atoms with Crippen molar-refractivity contribution < 1.29 is 30.4 Å². The quantitative estimate of drug-likeness (QED) is 0.0905. The van der Waals surface area contributed by atoms with Gasteiger partial charge in [0.05, 0.1) is 15.8 Å². The zero-order valence-electron chi connectivity index (χ0n) is 20.8. The molecule has 0 bridgehead atoms. The first-order chi connectivity index (χ1) is 18.4. The molecule has 5 rings (SSSR count). The van der Waals surface area contributed by atoms with Gasteiger partial charge < -0.3 is 0 Å². The van der Waals surface area contributed by atoms with Crippen LogP contribution in [0.3, 0.4) is 0 Å². The second-order valence-corrected chi connectivity index (χ2v) is 12.2. The molecule has 0 saturated carbocycles. The summed E-state index contributed by atoms with van der Waals surface area (Å²) in [6.45, 7) is 9.00. The van der Waals surface area contributed by atoms with Crippen molar-refractivity contribution in [3.8, 4) is 0 Å². The first-order valence-corrected chi connectivity index (χ1v) is 14.8. The van der Waals surface area contributed by atoms with Gasteiger partial charge in [0.2, 0.25) is 0 Å². The van der Waals surface area contributed by atoms with Gasteiger partial charge in [-0.05, 0) is 48.5 Å². The van der Waals surface area contributed by atoms with E-state index >= 15 is 0 Å². The normalized spacial score (nSPS) is 9.53. The fourth-order valence-electron chi connectivity index (χ4n) is 3.68. The van der Waals surface area contributed by atoms with Gasteiger partial charge in [0.1, 0.15) is 32.9 Å². The van der Waals surface area contributed by atoms with Gasteiger partial charge in [0.15, 0.2) is 0 Å². The molecule has 0 spiro atoms. The van der Waals surface area contributed by atoms with E-state index in [-0.39, 0.29) is 21.1 Å². The van der Waals surface area contributed by atoms with Crippen molar-refractivity contribution in [2.75, 3.05) is 0 Å². The topological polar surface area (TPSA) is 39.8 Å². The van der Waals surface area contributed by atoms with Gasteiger partial charge in [-0.3, -0.25) is 0 Å². The van der Waals surface area contributed by atoms with Crippen molar-refractivity contribution in [2.24, 2.45) is 0 Å². The molecule has 0 saturated heterocycles. The monoisotopic (exact) mass is 617 g/mol. The molecule has 0 fully saturated rings. The van der Waals surface area contributed by atoms with Crippen molar-refractivity contribution in [3.05, 3.63) is 177 Å². The summed E-state index contributed by atoms with van der Waals surface area (Å²) in [7, 11) is -1.93. The van der Waals surface area contributed by atoms with Crippen LogP contribution >= 0.6 is 15.8 Å². The van der Waals surface area contributed by atoms with Crippen molar-refractivity contribution in [1.29, 1.82) is 0 Å². The third kappa shape index (κ3) is 11.2. The molecule has 2 nitrogen and oxygen atoms in total. The molecule has 0 radical (unpaired) electrons. The van der Waals surface area contributed by atoms with Crippen LogP contribution in [0.1, 0.15) is 0 Å². The molecule has 0 amide bonds. The van der Waals surface area contributed by atoms with Crippen LogP contribution in [-0.4, -0.2) is 0 Å². The van der Waals surface area contributed by atoms with Crippen molar-refractivity contribution >= 4 is 37.1 Å². The van der Waals surface area contributed by atoms with E-state index in [2.05, 4.69) is 146 Å². The molecule has 5 aromatic rings. The molecule has 0 aliphatic carbocycles. The second kappa shape index (κ2) is 21.0. The number of hydrogen-bond acceptors (Lipinski definition) is 0. The predicted molar refractivity (Wildman–Crippen MR) is 160 cm³/mol. The van der Waals surface area contributed by atoms with E-state index in [1.807, 2.05) is 30.3 Å². The van der Waals surface area contributed by atoms with E-state index < -0.39 is 15.8 Å². The van der Waals surface area contributed by atoms with Crippen molar-refractivity contribution in [1.82, 2.24) is 0 Å². The van der Waals surface area contributed by atoms with Gasteiger partial charge >= 0.3 is 22.6 Å². The Kier molecular flexibility index (Phi) is 18.2. The van der Waals surface area contributed by atoms with E-state index in [1.165, 1.54) is 21.2 Å². The van der Waals surface area contributed by atoms with Gasteiger partial charge in [-0.2, -0.15) is 18.2 Å². The molecular formula is C33H29MoO2P2+. The molecule has 0 unspecified atom stereocenters. The molecule has 5 aromatic carbocycles. The Morgan fingerprint density at radius 3 is 0.842 bits per heavy atom. The maximum Gasteiger partial charge on any atom is 0 e. The van der Waals surface area contributed by atoms with Gasteiger partial charge in [0, 0.05) is 21.1 Å². The Bertz CT molecular complexity index is 1100. The molecule has 5 heteroatoms. The largest absolute Gasteiger partial charge is 0.214 e. The molecular weight excluding hydrogens is 586 g/mol. The second-order valence-electron chi connectivity index (χ2n) is 7.59. The number of hydrogen-bond donors (Lipinski definition) is 0. The molecule has 0 aliphatic rings. The SMILES string of the molecule is C(=C[PH+](c1ccccc1)c1ccccc1)[PH+](c1ccccc1)c1ccccc1.[C-]#[O+].[C-]#[O+].[Mo].c1cc[cH-]c1. The van der Waals surface area contributed by atoms with Crippen LogP contribution in [0.4, 0.5) is 0 Å². The summed E-state index contributed by atoms with van der Waals surface area (Å²) in [5, 5.41) is 5.71. The molecule has 0 aromatic heterocycles. The number of rotatable bonds is 6. The molecule has 38 heavy (non-hydrogen) atoms. The fraction of sp³-hybridized carbons (Fsp3) is 0. The smallest absolute Gasteiger partial charge is 0 e. The summed E-state index contributed by atoms with van der Waals surface area (Å²) in [6, 6.07) is 53.7. The summed E-state index contributed by atoms with van der Waals surface area (Å²) < 4.78 is 15.0. The standard InChI is InChI=1S/C26H22P2.C5H5.2CO.Mo/c1-5-13-23(14-6-1)27(24-15-7-2-8-16-24)21-22-28(25-17-9-3-10-18-25)26-19-11-4-12-20-26;1-2-4-5-3-1;2*1-2;/h1-22H;1-5H;;;/q;-1;;;/p+2. The minimum atomic E-state index is -0.964. The third-order valence-electron chi connectivity index (χ3n) is 5.31. The van der Waals surface area contributed by atoms with E-state index in [9.17, 15) is 0 Å². The van der Waals surface area contributed by atoms with E-state index in [0.29, 0.717) is 0 Å². The van der Waals surface area contributed by atoms with E-state index in [0.717, 1.165) is 0 Å². The fourth-order valence-corrected chi connectivity index (χ4v) is 8.65. The maximum absolute atomic E-state index is 7.50. The Morgan fingerprint density at radius 2 is 0.658 bits per heavy atom. The van der Waals surface area contributed by atoms with Crippen LogP contribution in [-0.2, 0) is 30.4 Å². The summed E-state index contributed by atoms with van der Waals surface area (Å²) in [6.07, 6.45) is 0. The van der Waals surface area contributed by atoms with E-state index in [1.54, 1.807) is 0 Å². The zero-order valence-corrected chi connectivity index (χ0v) is 24.8. The van der Waals surface area contributed by atoms with Crippen molar-refractivity contribution in [3.63, 3.8) is 0 Å². The van der Waals surface area contributed by atoms with Crippen LogP contribution in [0.25, 0.3) is 0 Å². The maximum atomic E-state index is 7.50. The zero-order chi connectivity index (χ0) is 26.6. The average Bonchev–Trinajstić information content (AvgIpc) is 3.60. The average molecular weight is 615 g/mol. The van der Waals surface area contributed by atoms with Crippen LogP contribution in [0, 0.1) is 13.3 Å². The van der Waals surface area contributed by atoms with E-state index in [4.69, 9.17) is 9.30 Å². The Labute approximate surface area is 243 Å². The Balaban J connectivity index is 0.000000628. The first kappa shape index (κ1) is 33.0. The van der Waals surface area contributed by atoms with Gasteiger partial charge in [-0.1, -0.05) is 72.8 Å². The minimum Gasteiger partial charge on any atom is -0.214 e. The summed E-state index contributed by atoms with van der Waals surface area (Å²) in [5.41, 5.74) is 0. The van der Waals surface area contributed by atoms with Crippen molar-refractivity contribution in [2.45, 2.75) is 0 Å².